The van der Waals surface area contributed by atoms with E-state index in [9.17, 15) is 35.8 Å². The molecule has 1 aliphatic carbocycles. The van der Waals surface area contributed by atoms with Crippen molar-refractivity contribution >= 4 is 0 Å². The Hall–Kier alpha value is -0.730. The normalized spacial score (nSPS) is 47.2. The fourth-order valence-electron chi connectivity index (χ4n) is 7.30. The molecule has 13 heteroatoms. The summed E-state index contributed by atoms with van der Waals surface area (Å²) in [6.45, 7) is 0.493. The number of hydrogen-bond donors (Lipinski definition) is 4. The molecule has 0 aromatic carbocycles. The second kappa shape index (κ2) is 9.78. The van der Waals surface area contributed by atoms with Crippen LogP contribution in [0.3, 0.4) is 0 Å². The Bertz CT molecular complexity index is 787. The van der Waals surface area contributed by atoms with Crippen LogP contribution in [0.25, 0.3) is 0 Å². The van der Waals surface area contributed by atoms with Gasteiger partial charge < -0.3 is 9.84 Å². The van der Waals surface area contributed by atoms with Crippen LogP contribution in [0.4, 0.5) is 30.7 Å². The Morgan fingerprint density at radius 2 is 1.64 bits per heavy atom. The van der Waals surface area contributed by atoms with Crippen LogP contribution >= 0.6 is 0 Å². The molecule has 5 fully saturated rings. The van der Waals surface area contributed by atoms with Crippen LogP contribution in [-0.4, -0.2) is 71.4 Å². The van der Waals surface area contributed by atoms with Crippen LogP contribution in [0.1, 0.15) is 64.2 Å². The predicted molar refractivity (Wildman–Crippen MR) is 115 cm³/mol. The van der Waals surface area contributed by atoms with E-state index in [0.29, 0.717) is 25.8 Å². The van der Waals surface area contributed by atoms with Crippen LogP contribution in [0.15, 0.2) is 0 Å². The van der Waals surface area contributed by atoms with Gasteiger partial charge in [-0.3, -0.25) is 10.2 Å². The van der Waals surface area contributed by atoms with Crippen molar-refractivity contribution in [2.75, 3.05) is 6.54 Å². The Morgan fingerprint density at radius 1 is 0.889 bits per heavy atom. The summed E-state index contributed by atoms with van der Waals surface area (Å²) in [7, 11) is 0. The molecule has 0 amide bonds. The van der Waals surface area contributed by atoms with Crippen molar-refractivity contribution in [3.05, 3.63) is 0 Å². The van der Waals surface area contributed by atoms with E-state index in [1.54, 1.807) is 0 Å². The highest BCUT2D eigenvalue weighted by Crippen LogP contribution is 2.49. The van der Waals surface area contributed by atoms with Crippen molar-refractivity contribution in [2.45, 2.75) is 119 Å². The van der Waals surface area contributed by atoms with Gasteiger partial charge in [-0.1, -0.05) is 6.42 Å². The molecule has 0 spiro atoms. The lowest BCUT2D eigenvalue weighted by Gasteiger charge is -2.46. The van der Waals surface area contributed by atoms with E-state index in [1.807, 2.05) is 4.90 Å². The number of fused-ring (bicyclic) bond motifs is 9. The Balaban J connectivity index is 1.47. The number of halogens is 7. The maximum Gasteiger partial charge on any atom is 0.421 e. The maximum atomic E-state index is 14.8. The smallest absolute Gasteiger partial charge is 0.377 e. The van der Waals surface area contributed by atoms with Crippen LogP contribution in [0, 0.1) is 17.8 Å². The molecule has 1 saturated carbocycles. The number of alkyl halides is 7. The third kappa shape index (κ3) is 4.76. The summed E-state index contributed by atoms with van der Waals surface area (Å²) in [6, 6.07) is -0.798. The van der Waals surface area contributed by atoms with Crippen LogP contribution in [0.2, 0.25) is 0 Å². The number of nitrogens with one attached hydrogen (secondary N) is 3. The standard InChI is InChI=1S/C23H35F7N4O2/c24-16-8-6-13-11-12(16)3-1-4-14-5-2-10-34(14)18-15(22(25,26)27)7-9-17(31-18)19-32-33-20(36-19)21(13,35)23(28,29)30/h12-20,31-33,35H,1-11H2/t12?,13?,14-,15?,16?,17?,18?,19?,20?,21?/m1/s1. The lowest BCUT2D eigenvalue weighted by molar-refractivity contribution is -0.321. The van der Waals surface area contributed by atoms with Crippen molar-refractivity contribution in [2.24, 2.45) is 17.8 Å². The van der Waals surface area contributed by atoms with Crippen LogP contribution < -0.4 is 16.2 Å². The first kappa shape index (κ1) is 26.9. The molecule has 0 aromatic rings. The summed E-state index contributed by atoms with van der Waals surface area (Å²) in [6.07, 6.45) is -12.3. The zero-order valence-corrected chi connectivity index (χ0v) is 19.9. The molecule has 4 heterocycles. The van der Waals surface area contributed by atoms with Gasteiger partial charge >= 0.3 is 12.4 Å². The van der Waals surface area contributed by atoms with Gasteiger partial charge in [0.15, 0.2) is 6.23 Å². The van der Waals surface area contributed by atoms with E-state index in [-0.39, 0.29) is 38.1 Å². The Labute approximate surface area is 205 Å². The Morgan fingerprint density at radius 3 is 2.36 bits per heavy atom. The minimum atomic E-state index is -5.06. The van der Waals surface area contributed by atoms with Crippen molar-refractivity contribution in [1.82, 2.24) is 21.1 Å². The molecule has 208 valence electrons. The Kier molecular flexibility index (Phi) is 7.30. The quantitative estimate of drug-likeness (QED) is 0.357. The van der Waals surface area contributed by atoms with Crippen molar-refractivity contribution in [3.8, 4) is 0 Å². The zero-order chi connectivity index (χ0) is 25.9. The molecule has 4 saturated heterocycles. The van der Waals surface area contributed by atoms with E-state index < -0.39 is 66.5 Å². The molecule has 36 heavy (non-hydrogen) atoms. The number of piperidine rings is 1. The zero-order valence-electron chi connectivity index (χ0n) is 19.9. The number of ether oxygens (including phenoxy) is 1. The summed E-state index contributed by atoms with van der Waals surface area (Å²) in [5.74, 6) is -3.53. The highest BCUT2D eigenvalue weighted by atomic mass is 19.4. The average Bonchev–Trinajstić information content (AvgIpc) is 3.48. The maximum absolute atomic E-state index is 14.8. The second-order valence-electron chi connectivity index (χ2n) is 11.2. The van der Waals surface area contributed by atoms with Gasteiger partial charge in [0.05, 0.1) is 12.1 Å². The molecule has 5 rings (SSSR count). The SMILES string of the molecule is OC1(C(F)(F)F)C2CCC(F)C(CCC[C@@H]3CCCN3C3NC(CCC3C(F)(F)F)C3NNC1O3)C2. The molecule has 5 aliphatic rings. The number of rotatable bonds is 0. The molecule has 6 nitrogen and oxygen atoms in total. The predicted octanol–water partition coefficient (Wildman–Crippen LogP) is 3.72. The molecule has 6 bridgehead atoms. The monoisotopic (exact) mass is 532 g/mol. The number of hydrazine groups is 1. The number of aliphatic hydroxyl groups is 1. The van der Waals surface area contributed by atoms with E-state index >= 15 is 0 Å². The number of nitrogens with zero attached hydrogens (tertiary/aromatic N) is 1. The largest absolute Gasteiger partial charge is 0.421 e. The van der Waals surface area contributed by atoms with Gasteiger partial charge in [0.1, 0.15) is 12.4 Å². The molecule has 4 aliphatic heterocycles. The van der Waals surface area contributed by atoms with Gasteiger partial charge in [0.2, 0.25) is 5.60 Å². The van der Waals surface area contributed by atoms with Gasteiger partial charge in [-0.2, -0.15) is 26.3 Å². The third-order valence-electron chi connectivity index (χ3n) is 9.24. The van der Waals surface area contributed by atoms with E-state index in [2.05, 4.69) is 16.2 Å². The molecular formula is C23H35F7N4O2. The number of hydrogen-bond acceptors (Lipinski definition) is 6. The molecular weight excluding hydrogens is 497 g/mol. The van der Waals surface area contributed by atoms with Gasteiger partial charge in [-0.15, -0.1) is 0 Å². The highest BCUT2D eigenvalue weighted by molar-refractivity contribution is 5.04. The van der Waals surface area contributed by atoms with E-state index in [4.69, 9.17) is 4.74 Å². The lowest BCUT2D eigenvalue weighted by Crippen LogP contribution is -2.64. The van der Waals surface area contributed by atoms with Crippen molar-refractivity contribution in [1.29, 1.82) is 0 Å². The molecule has 4 N–H and O–H groups in total. The summed E-state index contributed by atoms with van der Waals surface area (Å²) >= 11 is 0. The topological polar surface area (TPSA) is 68.8 Å². The minimum Gasteiger partial charge on any atom is -0.377 e. The van der Waals surface area contributed by atoms with E-state index in [1.165, 1.54) is 0 Å². The minimum absolute atomic E-state index is 0.0464. The van der Waals surface area contributed by atoms with Gasteiger partial charge in [-0.25, -0.2) is 15.2 Å². The summed E-state index contributed by atoms with van der Waals surface area (Å²) < 4.78 is 106. The van der Waals surface area contributed by atoms with Crippen LogP contribution in [-0.2, 0) is 4.74 Å². The second-order valence-corrected chi connectivity index (χ2v) is 11.2. The summed E-state index contributed by atoms with van der Waals surface area (Å²) in [5.41, 5.74) is 1.81. The first-order valence-corrected chi connectivity index (χ1v) is 13.1. The molecule has 10 atom stereocenters. The van der Waals surface area contributed by atoms with Gasteiger partial charge in [-0.05, 0) is 70.3 Å². The van der Waals surface area contributed by atoms with Crippen molar-refractivity contribution in [3.63, 3.8) is 0 Å². The van der Waals surface area contributed by atoms with Gasteiger partial charge in [0.25, 0.3) is 0 Å². The fourth-order valence-corrected chi connectivity index (χ4v) is 7.30. The lowest BCUT2D eigenvalue weighted by atomic mass is 9.69. The van der Waals surface area contributed by atoms with Crippen molar-refractivity contribution < 1.29 is 40.6 Å². The first-order chi connectivity index (χ1) is 16.9. The summed E-state index contributed by atoms with van der Waals surface area (Å²) in [4.78, 5) is 1.85. The third-order valence-corrected chi connectivity index (χ3v) is 9.24. The highest BCUT2D eigenvalue weighted by Gasteiger charge is 2.66. The fraction of sp³-hybridized carbons (Fsp3) is 1.00. The average molecular weight is 533 g/mol. The first-order valence-electron chi connectivity index (χ1n) is 13.1. The molecule has 0 radical (unpaired) electrons. The van der Waals surface area contributed by atoms with Gasteiger partial charge in [0, 0.05) is 18.0 Å². The summed E-state index contributed by atoms with van der Waals surface area (Å²) in [5, 5.41) is 14.2. The molecule has 0 aromatic heterocycles. The van der Waals surface area contributed by atoms with Crippen LogP contribution in [0.5, 0.6) is 0 Å². The van der Waals surface area contributed by atoms with E-state index in [0.717, 1.165) is 12.8 Å². The molecule has 9 unspecified atom stereocenters.